The first kappa shape index (κ1) is 15.2. The van der Waals surface area contributed by atoms with Crippen LogP contribution in [-0.2, 0) is 16.3 Å². The Bertz CT molecular complexity index is 451. The van der Waals surface area contributed by atoms with Crippen molar-refractivity contribution in [2.24, 2.45) is 5.73 Å². The van der Waals surface area contributed by atoms with Gasteiger partial charge < -0.3 is 5.73 Å². The van der Waals surface area contributed by atoms with Gasteiger partial charge in [0.1, 0.15) is 0 Å². The second-order valence-corrected chi connectivity index (χ2v) is 6.87. The summed E-state index contributed by atoms with van der Waals surface area (Å²) in [6.45, 7) is 2.14. The molecule has 1 atom stereocenters. The molecule has 3 nitrogen and oxygen atoms in total. The monoisotopic (exact) mass is 269 g/mol. The molecule has 2 N–H and O–H groups in total. The van der Waals surface area contributed by atoms with Gasteiger partial charge in [0.15, 0.2) is 9.84 Å². The maximum Gasteiger partial charge on any atom is 0.175 e. The maximum atomic E-state index is 11.3. The fraction of sp³-hybridized carbons (Fsp3) is 0.571. The van der Waals surface area contributed by atoms with Crippen molar-refractivity contribution in [2.75, 3.05) is 6.26 Å². The van der Waals surface area contributed by atoms with E-state index in [0.29, 0.717) is 10.9 Å². The first-order valence-corrected chi connectivity index (χ1v) is 8.37. The Balaban J connectivity index is 2.45. The van der Waals surface area contributed by atoms with Crippen LogP contribution in [0.1, 0.15) is 38.2 Å². The van der Waals surface area contributed by atoms with Gasteiger partial charge in [-0.15, -0.1) is 0 Å². The molecule has 0 aromatic heterocycles. The molecule has 0 heterocycles. The lowest BCUT2D eigenvalue weighted by Gasteiger charge is -2.09. The summed E-state index contributed by atoms with van der Waals surface area (Å²) >= 11 is 0. The van der Waals surface area contributed by atoms with Crippen molar-refractivity contribution >= 4 is 9.84 Å². The fourth-order valence-corrected chi connectivity index (χ4v) is 2.62. The van der Waals surface area contributed by atoms with Crippen molar-refractivity contribution < 1.29 is 8.42 Å². The Morgan fingerprint density at radius 3 is 2.28 bits per heavy atom. The van der Waals surface area contributed by atoms with E-state index in [4.69, 9.17) is 5.73 Å². The van der Waals surface area contributed by atoms with E-state index in [9.17, 15) is 8.42 Å². The molecule has 1 aromatic carbocycles. The number of rotatable bonds is 7. The molecular formula is C14H23NO2S. The molecule has 0 spiro atoms. The highest BCUT2D eigenvalue weighted by Crippen LogP contribution is 2.13. The van der Waals surface area contributed by atoms with Crippen LogP contribution in [0.25, 0.3) is 0 Å². The van der Waals surface area contributed by atoms with Crippen LogP contribution in [0.15, 0.2) is 29.2 Å². The van der Waals surface area contributed by atoms with Crippen molar-refractivity contribution in [3.05, 3.63) is 29.8 Å². The molecule has 0 amide bonds. The zero-order chi connectivity index (χ0) is 13.6. The quantitative estimate of drug-likeness (QED) is 0.827. The maximum absolute atomic E-state index is 11.3. The third-order valence-electron chi connectivity index (χ3n) is 3.05. The van der Waals surface area contributed by atoms with E-state index in [0.717, 1.165) is 32.1 Å². The lowest BCUT2D eigenvalue weighted by Crippen LogP contribution is -2.19. The molecule has 0 aliphatic carbocycles. The van der Waals surface area contributed by atoms with E-state index < -0.39 is 9.84 Å². The summed E-state index contributed by atoms with van der Waals surface area (Å²) in [5.74, 6) is 0. The summed E-state index contributed by atoms with van der Waals surface area (Å²) < 4.78 is 22.6. The highest BCUT2D eigenvalue weighted by Gasteiger charge is 2.06. The SMILES string of the molecule is CCCC(N)CCCc1ccc(S(C)(=O)=O)cc1. The Kier molecular flexibility index (Phi) is 5.82. The van der Waals surface area contributed by atoms with Crippen LogP contribution in [0.4, 0.5) is 0 Å². The van der Waals surface area contributed by atoms with E-state index in [1.165, 1.54) is 11.8 Å². The minimum absolute atomic E-state index is 0.297. The first-order valence-electron chi connectivity index (χ1n) is 6.48. The number of nitrogens with two attached hydrogens (primary N) is 1. The number of hydrogen-bond donors (Lipinski definition) is 1. The van der Waals surface area contributed by atoms with E-state index in [1.54, 1.807) is 12.1 Å². The van der Waals surface area contributed by atoms with E-state index in [1.807, 2.05) is 12.1 Å². The topological polar surface area (TPSA) is 60.2 Å². The molecule has 1 aromatic rings. The predicted molar refractivity (Wildman–Crippen MR) is 75.4 cm³/mol. The lowest BCUT2D eigenvalue weighted by molar-refractivity contribution is 0.539. The molecule has 0 aliphatic heterocycles. The second kappa shape index (κ2) is 6.90. The average molecular weight is 269 g/mol. The summed E-state index contributed by atoms with van der Waals surface area (Å²) in [4.78, 5) is 0.383. The van der Waals surface area contributed by atoms with Crippen molar-refractivity contribution in [3.63, 3.8) is 0 Å². The molecule has 1 unspecified atom stereocenters. The van der Waals surface area contributed by atoms with Gasteiger partial charge in [-0.2, -0.15) is 0 Å². The highest BCUT2D eigenvalue weighted by molar-refractivity contribution is 7.90. The Morgan fingerprint density at radius 1 is 1.17 bits per heavy atom. The van der Waals surface area contributed by atoms with Gasteiger partial charge in [-0.1, -0.05) is 25.5 Å². The van der Waals surface area contributed by atoms with Gasteiger partial charge in [-0.25, -0.2) is 8.42 Å². The number of aryl methyl sites for hydroxylation is 1. The summed E-state index contributed by atoms with van der Waals surface area (Å²) in [5.41, 5.74) is 7.12. The van der Waals surface area contributed by atoms with Gasteiger partial charge in [0.2, 0.25) is 0 Å². The van der Waals surface area contributed by atoms with Crippen molar-refractivity contribution in [1.29, 1.82) is 0 Å². The predicted octanol–water partition coefficient (Wildman–Crippen LogP) is 2.54. The molecule has 102 valence electrons. The Labute approximate surface area is 110 Å². The van der Waals surface area contributed by atoms with Crippen LogP contribution in [0, 0.1) is 0 Å². The molecule has 4 heteroatoms. The molecule has 0 radical (unpaired) electrons. The smallest absolute Gasteiger partial charge is 0.175 e. The molecule has 0 saturated carbocycles. The number of hydrogen-bond acceptors (Lipinski definition) is 3. The van der Waals surface area contributed by atoms with Crippen LogP contribution in [-0.4, -0.2) is 20.7 Å². The normalized spacial score (nSPS) is 13.5. The van der Waals surface area contributed by atoms with Crippen LogP contribution in [0.3, 0.4) is 0 Å². The van der Waals surface area contributed by atoms with Crippen molar-refractivity contribution in [2.45, 2.75) is 50.0 Å². The van der Waals surface area contributed by atoms with Gasteiger partial charge in [0.25, 0.3) is 0 Å². The lowest BCUT2D eigenvalue weighted by atomic mass is 10.0. The van der Waals surface area contributed by atoms with Gasteiger partial charge in [-0.05, 0) is 43.4 Å². The molecule has 0 aliphatic rings. The summed E-state index contributed by atoms with van der Waals surface area (Å²) in [7, 11) is -3.08. The van der Waals surface area contributed by atoms with Gasteiger partial charge in [-0.3, -0.25) is 0 Å². The largest absolute Gasteiger partial charge is 0.328 e. The van der Waals surface area contributed by atoms with E-state index in [-0.39, 0.29) is 0 Å². The zero-order valence-electron chi connectivity index (χ0n) is 11.2. The summed E-state index contributed by atoms with van der Waals surface area (Å²) in [6.07, 6.45) is 6.48. The minimum Gasteiger partial charge on any atom is -0.328 e. The van der Waals surface area contributed by atoms with Crippen LogP contribution < -0.4 is 5.73 Å². The third kappa shape index (κ3) is 5.19. The Hall–Kier alpha value is -0.870. The zero-order valence-corrected chi connectivity index (χ0v) is 12.0. The number of benzene rings is 1. The minimum atomic E-state index is -3.08. The van der Waals surface area contributed by atoms with Crippen molar-refractivity contribution in [1.82, 2.24) is 0 Å². The van der Waals surface area contributed by atoms with Crippen molar-refractivity contribution in [3.8, 4) is 0 Å². The Morgan fingerprint density at radius 2 is 1.78 bits per heavy atom. The van der Waals surface area contributed by atoms with Crippen LogP contribution in [0.5, 0.6) is 0 Å². The van der Waals surface area contributed by atoms with Gasteiger partial charge in [0, 0.05) is 12.3 Å². The van der Waals surface area contributed by atoms with Gasteiger partial charge in [0.05, 0.1) is 4.90 Å². The molecule has 18 heavy (non-hydrogen) atoms. The molecule has 0 saturated heterocycles. The van der Waals surface area contributed by atoms with Crippen LogP contribution >= 0.6 is 0 Å². The summed E-state index contributed by atoms with van der Waals surface area (Å²) in [6, 6.07) is 7.43. The molecular weight excluding hydrogens is 246 g/mol. The summed E-state index contributed by atoms with van der Waals surface area (Å²) in [5, 5.41) is 0. The highest BCUT2D eigenvalue weighted by atomic mass is 32.2. The van der Waals surface area contributed by atoms with E-state index in [2.05, 4.69) is 6.92 Å². The average Bonchev–Trinajstić information content (AvgIpc) is 2.29. The molecule has 1 rings (SSSR count). The molecule has 0 bridgehead atoms. The van der Waals surface area contributed by atoms with E-state index >= 15 is 0 Å². The second-order valence-electron chi connectivity index (χ2n) is 4.86. The van der Waals surface area contributed by atoms with Gasteiger partial charge >= 0.3 is 0 Å². The molecule has 0 fully saturated rings. The number of sulfone groups is 1. The van der Waals surface area contributed by atoms with Crippen LogP contribution in [0.2, 0.25) is 0 Å². The third-order valence-corrected chi connectivity index (χ3v) is 4.18. The fourth-order valence-electron chi connectivity index (χ4n) is 1.99. The first-order chi connectivity index (χ1) is 8.43. The standard InChI is InChI=1S/C14H23NO2S/c1-3-5-13(15)7-4-6-12-8-10-14(11-9-12)18(2,16)17/h8-11,13H,3-7,15H2,1-2H3.